The molecule has 0 heterocycles. The molecule has 0 aromatic heterocycles. The Hall–Kier alpha value is -2.08. The molecular weight excluding hydrogens is 406 g/mol. The summed E-state index contributed by atoms with van der Waals surface area (Å²) in [7, 11) is 0. The van der Waals surface area contributed by atoms with Gasteiger partial charge in [-0.25, -0.2) is 0 Å². The molecule has 0 atom stereocenters. The van der Waals surface area contributed by atoms with Crippen LogP contribution in [-0.4, -0.2) is 12.1 Å². The number of aryl methyl sites for hydroxylation is 1. The largest absolute Gasteiger partial charge is 0.462 e. The number of rotatable bonds is 11. The fraction of sp³-hybridized carbons (Fsp3) is 0.667. The third-order valence-corrected chi connectivity index (χ3v) is 7.84. The van der Waals surface area contributed by atoms with Crippen molar-refractivity contribution in [2.75, 3.05) is 0 Å². The maximum atomic E-state index is 12.7. The Morgan fingerprint density at radius 2 is 1.73 bits per heavy atom. The average molecular weight is 450 g/mol. The van der Waals surface area contributed by atoms with E-state index in [1.54, 1.807) is 6.08 Å². The fourth-order valence-corrected chi connectivity index (χ4v) is 5.64. The lowest BCUT2D eigenvalue weighted by Gasteiger charge is -2.31. The lowest BCUT2D eigenvalue weighted by Crippen LogP contribution is -2.29. The zero-order valence-corrected chi connectivity index (χ0v) is 20.6. The first-order valence-corrected chi connectivity index (χ1v) is 13.5. The predicted octanol–water partition coefficient (Wildman–Crippen LogP) is 8.05. The van der Waals surface area contributed by atoms with E-state index in [4.69, 9.17) is 10.00 Å². The second-order valence-electron chi connectivity index (χ2n) is 10.3. The second kappa shape index (κ2) is 14.2. The molecule has 1 aromatic carbocycles. The molecule has 0 amide bonds. The normalized spacial score (nSPS) is 25.6. The van der Waals surface area contributed by atoms with E-state index in [9.17, 15) is 4.79 Å². The molecule has 0 bridgehead atoms. The quantitative estimate of drug-likeness (QED) is 0.195. The summed E-state index contributed by atoms with van der Waals surface area (Å²) in [5, 5.41) is 8.57. The second-order valence-corrected chi connectivity index (χ2v) is 10.3. The van der Waals surface area contributed by atoms with Crippen LogP contribution in [0.1, 0.15) is 114 Å². The number of unbranched alkanes of at least 4 members (excludes halogenated alkanes) is 3. The van der Waals surface area contributed by atoms with Crippen molar-refractivity contribution in [1.82, 2.24) is 0 Å². The Balaban J connectivity index is 1.33. The minimum Gasteiger partial charge on any atom is -0.462 e. The summed E-state index contributed by atoms with van der Waals surface area (Å²) in [6, 6.07) is 11.4. The van der Waals surface area contributed by atoms with E-state index in [0.717, 1.165) is 64.2 Å². The molecule has 0 unspecified atom stereocenters. The number of nitriles is 1. The van der Waals surface area contributed by atoms with Crippen molar-refractivity contribution < 1.29 is 9.53 Å². The van der Waals surface area contributed by atoms with Crippen LogP contribution in [0.4, 0.5) is 0 Å². The third kappa shape index (κ3) is 8.65. The molecule has 2 fully saturated rings. The molecule has 1 aromatic rings. The third-order valence-electron chi connectivity index (χ3n) is 7.84. The van der Waals surface area contributed by atoms with Crippen molar-refractivity contribution in [2.24, 2.45) is 11.8 Å². The van der Waals surface area contributed by atoms with Crippen LogP contribution in [0.15, 0.2) is 36.4 Å². The number of benzene rings is 1. The molecule has 0 spiro atoms. The van der Waals surface area contributed by atoms with Crippen LogP contribution < -0.4 is 0 Å². The number of hydrogen-bond acceptors (Lipinski definition) is 3. The summed E-state index contributed by atoms with van der Waals surface area (Å²) in [5.41, 5.74) is 2.92. The van der Waals surface area contributed by atoms with Crippen LogP contribution in [0, 0.1) is 23.2 Å². The summed E-state index contributed by atoms with van der Waals surface area (Å²) >= 11 is 0. The van der Waals surface area contributed by atoms with Gasteiger partial charge in [0.25, 0.3) is 0 Å². The highest BCUT2D eigenvalue weighted by atomic mass is 16.5. The number of carbonyl (C=O) groups is 1. The lowest BCUT2D eigenvalue weighted by molar-refractivity contribution is -0.157. The van der Waals surface area contributed by atoms with Gasteiger partial charge in [-0.1, -0.05) is 56.5 Å². The minimum atomic E-state index is 0.0497. The first-order chi connectivity index (χ1) is 16.2. The molecule has 3 rings (SSSR count). The number of allylic oxidation sites excluding steroid dienone is 2. The Bertz CT molecular complexity index is 759. The van der Waals surface area contributed by atoms with E-state index < -0.39 is 0 Å². The van der Waals surface area contributed by atoms with Crippen LogP contribution in [0.3, 0.4) is 0 Å². The van der Waals surface area contributed by atoms with Crippen LogP contribution in [0.25, 0.3) is 0 Å². The van der Waals surface area contributed by atoms with Crippen molar-refractivity contribution in [3.05, 3.63) is 47.5 Å². The molecular formula is C30H43NO2. The molecule has 0 aliphatic heterocycles. The zero-order valence-electron chi connectivity index (χ0n) is 20.6. The fourth-order valence-electron chi connectivity index (χ4n) is 5.64. The number of ether oxygens (including phenoxy) is 1. The van der Waals surface area contributed by atoms with Gasteiger partial charge >= 0.3 is 5.97 Å². The van der Waals surface area contributed by atoms with Gasteiger partial charge < -0.3 is 4.74 Å². The lowest BCUT2D eigenvalue weighted by atomic mass is 9.79. The summed E-state index contributed by atoms with van der Waals surface area (Å²) in [4.78, 5) is 12.7. The molecule has 0 saturated heterocycles. The van der Waals surface area contributed by atoms with Crippen LogP contribution in [0.5, 0.6) is 0 Å². The van der Waals surface area contributed by atoms with Crippen LogP contribution >= 0.6 is 0 Å². The highest BCUT2D eigenvalue weighted by Gasteiger charge is 2.30. The first-order valence-electron chi connectivity index (χ1n) is 13.5. The van der Waals surface area contributed by atoms with Gasteiger partial charge in [0.2, 0.25) is 0 Å². The van der Waals surface area contributed by atoms with Crippen molar-refractivity contribution in [3.63, 3.8) is 0 Å². The molecule has 180 valence electrons. The summed E-state index contributed by atoms with van der Waals surface area (Å²) in [6.07, 6.45) is 20.6. The SMILES string of the molecule is CCCCCCc1ccc(C2CCC(OC(=O)C3CCC(CC/C=C/C#N)CC3)CC2)cc1. The van der Waals surface area contributed by atoms with Gasteiger partial charge in [0.1, 0.15) is 6.10 Å². The van der Waals surface area contributed by atoms with Gasteiger partial charge in [-0.15, -0.1) is 0 Å². The monoisotopic (exact) mass is 449 g/mol. The molecule has 2 aliphatic rings. The maximum absolute atomic E-state index is 12.7. The Morgan fingerprint density at radius 1 is 1.00 bits per heavy atom. The van der Waals surface area contributed by atoms with E-state index in [1.807, 2.05) is 12.1 Å². The van der Waals surface area contributed by atoms with Crippen molar-refractivity contribution in [3.8, 4) is 6.07 Å². The zero-order chi connectivity index (χ0) is 23.3. The predicted molar refractivity (Wildman–Crippen MR) is 135 cm³/mol. The van der Waals surface area contributed by atoms with Gasteiger partial charge in [-0.3, -0.25) is 4.79 Å². The van der Waals surface area contributed by atoms with Gasteiger partial charge in [0.05, 0.1) is 12.0 Å². The maximum Gasteiger partial charge on any atom is 0.309 e. The topological polar surface area (TPSA) is 50.1 Å². The van der Waals surface area contributed by atoms with Gasteiger partial charge in [0, 0.05) is 6.08 Å². The Labute approximate surface area is 201 Å². The number of nitrogens with zero attached hydrogens (tertiary/aromatic N) is 1. The molecule has 0 N–H and O–H groups in total. The van der Waals surface area contributed by atoms with E-state index >= 15 is 0 Å². The number of hydrogen-bond donors (Lipinski definition) is 0. The Morgan fingerprint density at radius 3 is 2.39 bits per heavy atom. The molecule has 3 heteroatoms. The van der Waals surface area contributed by atoms with Gasteiger partial charge in [0.15, 0.2) is 0 Å². The molecule has 3 nitrogen and oxygen atoms in total. The molecule has 0 radical (unpaired) electrons. The average Bonchev–Trinajstić information content (AvgIpc) is 2.86. The summed E-state index contributed by atoms with van der Waals surface area (Å²) < 4.78 is 5.96. The first kappa shape index (κ1) is 25.5. The standard InChI is InChI=1S/C30H43NO2/c1-2-3-4-6-9-24-11-15-26(16-12-24)27-19-21-29(22-20-27)33-30(32)28-17-13-25(14-18-28)10-7-5-8-23-31/h5,8,11-12,15-16,25,27-29H,2-4,6-7,9-10,13-14,17-22H2,1H3/b8-5+. The van der Waals surface area contributed by atoms with Crippen LogP contribution in [-0.2, 0) is 16.0 Å². The Kier molecular flexibility index (Phi) is 11.0. The van der Waals surface area contributed by atoms with E-state index in [0.29, 0.717) is 11.8 Å². The van der Waals surface area contributed by atoms with Crippen molar-refractivity contribution in [1.29, 1.82) is 5.26 Å². The van der Waals surface area contributed by atoms with Gasteiger partial charge in [-0.2, -0.15) is 5.26 Å². The molecule has 2 saturated carbocycles. The van der Waals surface area contributed by atoms with Crippen LogP contribution in [0.2, 0.25) is 0 Å². The van der Waals surface area contributed by atoms with Crippen molar-refractivity contribution in [2.45, 2.75) is 115 Å². The van der Waals surface area contributed by atoms with Crippen molar-refractivity contribution >= 4 is 5.97 Å². The molecule has 2 aliphatic carbocycles. The van der Waals surface area contributed by atoms with E-state index in [-0.39, 0.29) is 18.0 Å². The van der Waals surface area contributed by atoms with E-state index in [1.165, 1.54) is 43.2 Å². The number of esters is 1. The highest BCUT2D eigenvalue weighted by molar-refractivity contribution is 5.72. The smallest absolute Gasteiger partial charge is 0.309 e. The summed E-state index contributed by atoms with van der Waals surface area (Å²) in [5.74, 6) is 1.45. The number of carbonyl (C=O) groups excluding carboxylic acids is 1. The minimum absolute atomic E-state index is 0.0497. The molecule has 33 heavy (non-hydrogen) atoms. The summed E-state index contributed by atoms with van der Waals surface area (Å²) in [6.45, 7) is 2.26. The van der Waals surface area contributed by atoms with E-state index in [2.05, 4.69) is 31.2 Å². The van der Waals surface area contributed by atoms with Gasteiger partial charge in [-0.05, 0) is 100 Å². The highest BCUT2D eigenvalue weighted by Crippen LogP contribution is 2.36.